The van der Waals surface area contributed by atoms with Crippen molar-refractivity contribution in [3.8, 4) is 17.2 Å². The van der Waals surface area contributed by atoms with Gasteiger partial charge in [0.2, 0.25) is 5.75 Å². The summed E-state index contributed by atoms with van der Waals surface area (Å²) in [6, 6.07) is 9.89. The summed E-state index contributed by atoms with van der Waals surface area (Å²) in [4.78, 5) is 26.0. The van der Waals surface area contributed by atoms with Crippen LogP contribution in [-0.2, 0) is 16.0 Å². The van der Waals surface area contributed by atoms with Crippen LogP contribution >= 0.6 is 0 Å². The standard InChI is InChI=1S/C22H23NO6/c1-27-18-12-14(13-19(28-2)21(18)29-3)8-11-20(24)23-16-7-5-4-6-15(16)9-10-17(23)22(25)26/h4-8,11-13,17H,9-10H2,1-3H3,(H,25,26)/b11-8+. The van der Waals surface area contributed by atoms with Crippen LogP contribution < -0.4 is 19.1 Å². The van der Waals surface area contributed by atoms with E-state index in [-0.39, 0.29) is 0 Å². The van der Waals surface area contributed by atoms with E-state index in [4.69, 9.17) is 14.2 Å². The molecular formula is C22H23NO6. The Bertz CT molecular complexity index is 927. The second kappa shape index (κ2) is 8.68. The molecule has 1 N–H and O–H groups in total. The number of anilines is 1. The molecule has 1 atom stereocenters. The Balaban J connectivity index is 1.94. The Morgan fingerprint density at radius 1 is 1.07 bits per heavy atom. The summed E-state index contributed by atoms with van der Waals surface area (Å²) < 4.78 is 16.0. The maximum absolute atomic E-state index is 13.0. The number of ether oxygens (including phenoxy) is 3. The topological polar surface area (TPSA) is 85.3 Å². The van der Waals surface area contributed by atoms with Crippen molar-refractivity contribution in [1.82, 2.24) is 0 Å². The van der Waals surface area contributed by atoms with E-state index in [2.05, 4.69) is 0 Å². The smallest absolute Gasteiger partial charge is 0.326 e. The molecule has 7 heteroatoms. The third-order valence-electron chi connectivity index (χ3n) is 4.88. The molecule has 0 aliphatic carbocycles. The number of carboxylic acid groups (broad SMARTS) is 1. The molecule has 1 heterocycles. The molecule has 7 nitrogen and oxygen atoms in total. The van der Waals surface area contributed by atoms with Gasteiger partial charge in [-0.1, -0.05) is 18.2 Å². The van der Waals surface area contributed by atoms with Crippen molar-refractivity contribution in [2.75, 3.05) is 26.2 Å². The van der Waals surface area contributed by atoms with Gasteiger partial charge in [0, 0.05) is 11.8 Å². The maximum Gasteiger partial charge on any atom is 0.326 e. The van der Waals surface area contributed by atoms with Gasteiger partial charge in [-0.2, -0.15) is 0 Å². The van der Waals surface area contributed by atoms with Crippen LogP contribution in [0.4, 0.5) is 5.69 Å². The van der Waals surface area contributed by atoms with Crippen molar-refractivity contribution in [1.29, 1.82) is 0 Å². The lowest BCUT2D eigenvalue weighted by Gasteiger charge is -2.34. The highest BCUT2D eigenvalue weighted by Crippen LogP contribution is 2.38. The summed E-state index contributed by atoms with van der Waals surface area (Å²) in [5, 5.41) is 9.60. The average molecular weight is 397 g/mol. The second-order valence-corrected chi connectivity index (χ2v) is 6.52. The largest absolute Gasteiger partial charge is 0.493 e. The zero-order chi connectivity index (χ0) is 21.0. The molecule has 0 aromatic heterocycles. The number of hydrogen-bond donors (Lipinski definition) is 1. The third-order valence-corrected chi connectivity index (χ3v) is 4.88. The van der Waals surface area contributed by atoms with E-state index in [1.54, 1.807) is 30.3 Å². The molecule has 2 aromatic carbocycles. The quantitative estimate of drug-likeness (QED) is 0.754. The summed E-state index contributed by atoms with van der Waals surface area (Å²) >= 11 is 0. The summed E-state index contributed by atoms with van der Waals surface area (Å²) in [5.41, 5.74) is 2.25. The minimum atomic E-state index is -1.02. The number of carbonyl (C=O) groups is 2. The SMILES string of the molecule is COc1cc(/C=C/C(=O)N2c3ccccc3CCC2C(=O)O)cc(OC)c1OC. The van der Waals surface area contributed by atoms with Crippen molar-refractivity contribution in [2.45, 2.75) is 18.9 Å². The molecule has 29 heavy (non-hydrogen) atoms. The van der Waals surface area contributed by atoms with E-state index < -0.39 is 17.9 Å². The van der Waals surface area contributed by atoms with Crippen LogP contribution in [0.2, 0.25) is 0 Å². The van der Waals surface area contributed by atoms with Crippen LogP contribution in [0.3, 0.4) is 0 Å². The number of methoxy groups -OCH3 is 3. The highest BCUT2D eigenvalue weighted by Gasteiger charge is 2.34. The lowest BCUT2D eigenvalue weighted by atomic mass is 9.95. The van der Waals surface area contributed by atoms with Crippen molar-refractivity contribution in [2.24, 2.45) is 0 Å². The number of carboxylic acids is 1. The highest BCUT2D eigenvalue weighted by molar-refractivity contribution is 6.08. The first kappa shape index (κ1) is 20.3. The molecule has 1 amide bonds. The van der Waals surface area contributed by atoms with Crippen molar-refractivity contribution < 1.29 is 28.9 Å². The van der Waals surface area contributed by atoms with E-state index in [9.17, 15) is 14.7 Å². The normalized spacial score (nSPS) is 15.7. The van der Waals surface area contributed by atoms with Crippen LogP contribution in [0.15, 0.2) is 42.5 Å². The number of aliphatic carboxylic acids is 1. The Kier molecular flexibility index (Phi) is 6.07. The fraction of sp³-hybridized carbons (Fsp3) is 0.273. The zero-order valence-electron chi connectivity index (χ0n) is 16.5. The molecule has 0 saturated heterocycles. The van der Waals surface area contributed by atoms with Gasteiger partial charge in [0.1, 0.15) is 6.04 Å². The van der Waals surface area contributed by atoms with Gasteiger partial charge in [-0.3, -0.25) is 9.69 Å². The van der Waals surface area contributed by atoms with Gasteiger partial charge in [0.15, 0.2) is 11.5 Å². The van der Waals surface area contributed by atoms with Crippen molar-refractivity contribution in [3.63, 3.8) is 0 Å². The Labute approximate surface area is 169 Å². The molecule has 2 aromatic rings. The van der Waals surface area contributed by atoms with E-state index in [1.807, 2.05) is 12.1 Å². The number of rotatable bonds is 6. The van der Waals surface area contributed by atoms with Crippen LogP contribution in [-0.4, -0.2) is 44.4 Å². The Hall–Kier alpha value is -3.48. The molecule has 152 valence electrons. The molecule has 0 fully saturated rings. The first-order chi connectivity index (χ1) is 14.0. The first-order valence-corrected chi connectivity index (χ1v) is 9.12. The van der Waals surface area contributed by atoms with E-state index in [0.29, 0.717) is 41.3 Å². The van der Waals surface area contributed by atoms with E-state index in [1.165, 1.54) is 32.3 Å². The number of hydrogen-bond acceptors (Lipinski definition) is 5. The second-order valence-electron chi connectivity index (χ2n) is 6.52. The monoisotopic (exact) mass is 397 g/mol. The zero-order valence-corrected chi connectivity index (χ0v) is 16.5. The fourth-order valence-electron chi connectivity index (χ4n) is 3.50. The predicted molar refractivity (Wildman–Crippen MR) is 109 cm³/mol. The Morgan fingerprint density at radius 3 is 2.31 bits per heavy atom. The number of para-hydroxylation sites is 1. The van der Waals surface area contributed by atoms with Crippen LogP contribution in [0.5, 0.6) is 17.2 Å². The van der Waals surface area contributed by atoms with Crippen LogP contribution in [0.25, 0.3) is 6.08 Å². The molecule has 3 rings (SSSR count). The fourth-order valence-corrected chi connectivity index (χ4v) is 3.50. The summed E-state index contributed by atoms with van der Waals surface area (Å²) in [6.07, 6.45) is 3.95. The van der Waals surface area contributed by atoms with Gasteiger partial charge in [0.25, 0.3) is 5.91 Å². The minimum Gasteiger partial charge on any atom is -0.493 e. The molecule has 0 bridgehead atoms. The van der Waals surface area contributed by atoms with Gasteiger partial charge in [0.05, 0.1) is 21.3 Å². The van der Waals surface area contributed by atoms with E-state index >= 15 is 0 Å². The van der Waals surface area contributed by atoms with Gasteiger partial charge >= 0.3 is 5.97 Å². The number of aryl methyl sites for hydroxylation is 1. The number of nitrogens with zero attached hydrogens (tertiary/aromatic N) is 1. The molecule has 0 radical (unpaired) electrons. The molecule has 0 saturated carbocycles. The molecule has 0 spiro atoms. The number of amides is 1. The van der Waals surface area contributed by atoms with Gasteiger partial charge in [-0.15, -0.1) is 0 Å². The van der Waals surface area contributed by atoms with Gasteiger partial charge in [-0.05, 0) is 48.2 Å². The number of carbonyl (C=O) groups excluding carboxylic acids is 1. The summed E-state index contributed by atoms with van der Waals surface area (Å²) in [6.45, 7) is 0. The molecule has 1 aliphatic rings. The first-order valence-electron chi connectivity index (χ1n) is 9.12. The lowest BCUT2D eigenvalue weighted by molar-refractivity contribution is -0.140. The van der Waals surface area contributed by atoms with Crippen molar-refractivity contribution in [3.05, 3.63) is 53.6 Å². The number of benzene rings is 2. The number of fused-ring (bicyclic) bond motifs is 1. The molecule has 1 aliphatic heterocycles. The lowest BCUT2D eigenvalue weighted by Crippen LogP contribution is -2.47. The average Bonchev–Trinajstić information content (AvgIpc) is 2.75. The molecule has 1 unspecified atom stereocenters. The van der Waals surface area contributed by atoms with Gasteiger partial charge in [-0.25, -0.2) is 4.79 Å². The van der Waals surface area contributed by atoms with Crippen LogP contribution in [0.1, 0.15) is 17.5 Å². The maximum atomic E-state index is 13.0. The van der Waals surface area contributed by atoms with Crippen molar-refractivity contribution >= 4 is 23.6 Å². The molecular weight excluding hydrogens is 374 g/mol. The summed E-state index contributed by atoms with van der Waals surface area (Å²) in [5.74, 6) is -0.0434. The predicted octanol–water partition coefficient (Wildman–Crippen LogP) is 3.16. The van der Waals surface area contributed by atoms with E-state index in [0.717, 1.165) is 5.56 Å². The van der Waals surface area contributed by atoms with Crippen LogP contribution in [0, 0.1) is 0 Å². The highest BCUT2D eigenvalue weighted by atomic mass is 16.5. The Morgan fingerprint density at radius 2 is 1.72 bits per heavy atom. The van der Waals surface area contributed by atoms with Gasteiger partial charge < -0.3 is 19.3 Å². The minimum absolute atomic E-state index is 0.371. The third kappa shape index (κ3) is 4.03. The summed E-state index contributed by atoms with van der Waals surface area (Å²) in [7, 11) is 4.54.